The fourth-order valence-electron chi connectivity index (χ4n) is 4.04. The quantitative estimate of drug-likeness (QED) is 0.585. The van der Waals surface area contributed by atoms with Crippen LogP contribution in [0.15, 0.2) is 77.7 Å². The van der Waals surface area contributed by atoms with Gasteiger partial charge in [0.25, 0.3) is 0 Å². The molecule has 4 rings (SSSR count). The van der Waals surface area contributed by atoms with E-state index in [0.29, 0.717) is 24.4 Å². The molecule has 0 aliphatic carbocycles. The molecule has 7 heteroatoms. The molecule has 1 saturated heterocycles. The molecule has 1 amide bonds. The van der Waals surface area contributed by atoms with E-state index in [1.54, 1.807) is 11.0 Å². The fourth-order valence-corrected chi connectivity index (χ4v) is 5.26. The van der Waals surface area contributed by atoms with E-state index < -0.39 is 16.1 Å². The number of amides is 1. The molecule has 32 heavy (non-hydrogen) atoms. The number of anilines is 1. The summed E-state index contributed by atoms with van der Waals surface area (Å²) in [6, 6.07) is 21.3. The highest BCUT2D eigenvalue weighted by molar-refractivity contribution is 7.89. The van der Waals surface area contributed by atoms with Crippen molar-refractivity contribution in [3.8, 4) is 5.75 Å². The zero-order valence-electron chi connectivity index (χ0n) is 18.1. The first-order valence-electron chi connectivity index (χ1n) is 10.5. The van der Waals surface area contributed by atoms with E-state index in [-0.39, 0.29) is 10.8 Å². The second-order valence-corrected chi connectivity index (χ2v) is 9.52. The molecule has 1 aliphatic heterocycles. The van der Waals surface area contributed by atoms with E-state index in [0.717, 1.165) is 23.1 Å². The fraction of sp³-hybridized carbons (Fsp3) is 0.240. The predicted octanol–water partition coefficient (Wildman–Crippen LogP) is 4.20. The van der Waals surface area contributed by atoms with Crippen molar-refractivity contribution in [1.29, 1.82) is 0 Å². The molecule has 3 aromatic carbocycles. The number of ether oxygens (including phenoxy) is 1. The molecule has 6 nitrogen and oxygen atoms in total. The van der Waals surface area contributed by atoms with Gasteiger partial charge in [0.2, 0.25) is 15.9 Å². The van der Waals surface area contributed by atoms with Crippen LogP contribution in [0.4, 0.5) is 5.69 Å². The van der Waals surface area contributed by atoms with E-state index in [1.807, 2.05) is 61.5 Å². The van der Waals surface area contributed by atoms with Crippen molar-refractivity contribution >= 4 is 21.6 Å². The van der Waals surface area contributed by atoms with Crippen LogP contribution in [0.1, 0.15) is 35.6 Å². The Morgan fingerprint density at radius 2 is 1.72 bits per heavy atom. The summed E-state index contributed by atoms with van der Waals surface area (Å²) in [6.07, 6.45) is 1.18. The minimum absolute atomic E-state index is 0.0344. The molecule has 0 aromatic heterocycles. The van der Waals surface area contributed by atoms with Crippen LogP contribution in [-0.4, -0.2) is 28.0 Å². The molecule has 1 aliphatic rings. The van der Waals surface area contributed by atoms with Crippen LogP contribution in [-0.2, 0) is 14.8 Å². The summed E-state index contributed by atoms with van der Waals surface area (Å²) in [5.41, 5.74) is 3.19. The van der Waals surface area contributed by atoms with Gasteiger partial charge in [0.1, 0.15) is 5.75 Å². The minimum Gasteiger partial charge on any atom is -0.495 e. The van der Waals surface area contributed by atoms with Gasteiger partial charge in [-0.05, 0) is 48.2 Å². The first-order valence-corrected chi connectivity index (χ1v) is 12.0. The molecule has 0 spiro atoms. The monoisotopic (exact) mass is 450 g/mol. The molecular weight excluding hydrogens is 424 g/mol. The van der Waals surface area contributed by atoms with Crippen LogP contribution in [0.25, 0.3) is 0 Å². The number of hydrogen-bond donors (Lipinski definition) is 1. The van der Waals surface area contributed by atoms with E-state index in [4.69, 9.17) is 4.74 Å². The summed E-state index contributed by atoms with van der Waals surface area (Å²) in [6.45, 7) is 2.51. The van der Waals surface area contributed by atoms with Crippen LogP contribution in [0.2, 0.25) is 0 Å². The maximum absolute atomic E-state index is 13.5. The standard InChI is InChI=1S/C25H26N2O4S/c1-18-9-6-7-12-21(18)25(19-10-4-3-5-11-19)26-32(29,30)20-14-15-23(31-2)22(17-20)27-16-8-13-24(27)28/h3-7,9-12,14-15,17,25-26H,8,13,16H2,1-2H3/t25-/m1/s1. The number of sulfonamides is 1. The van der Waals surface area contributed by atoms with Gasteiger partial charge in [0, 0.05) is 13.0 Å². The Morgan fingerprint density at radius 3 is 2.38 bits per heavy atom. The zero-order valence-corrected chi connectivity index (χ0v) is 18.9. The molecule has 1 atom stereocenters. The van der Waals surface area contributed by atoms with Gasteiger partial charge in [-0.3, -0.25) is 4.79 Å². The summed E-state index contributed by atoms with van der Waals surface area (Å²) >= 11 is 0. The third-order valence-electron chi connectivity index (χ3n) is 5.73. The van der Waals surface area contributed by atoms with Crippen LogP contribution in [0, 0.1) is 6.92 Å². The second-order valence-electron chi connectivity index (χ2n) is 7.80. The summed E-state index contributed by atoms with van der Waals surface area (Å²) in [5, 5.41) is 0. The van der Waals surface area contributed by atoms with Crippen molar-refractivity contribution in [2.75, 3.05) is 18.6 Å². The van der Waals surface area contributed by atoms with Crippen LogP contribution in [0.5, 0.6) is 5.75 Å². The number of nitrogens with one attached hydrogen (secondary N) is 1. The van der Waals surface area contributed by atoms with Crippen molar-refractivity contribution in [2.45, 2.75) is 30.7 Å². The largest absolute Gasteiger partial charge is 0.495 e. The maximum Gasteiger partial charge on any atom is 0.241 e. The number of benzene rings is 3. The highest BCUT2D eigenvalue weighted by Crippen LogP contribution is 2.34. The maximum atomic E-state index is 13.5. The molecule has 0 radical (unpaired) electrons. The Kier molecular flexibility index (Phi) is 6.30. The highest BCUT2D eigenvalue weighted by Gasteiger charge is 2.28. The summed E-state index contributed by atoms with van der Waals surface area (Å²) < 4.78 is 35.3. The Bertz CT molecular complexity index is 1230. The Morgan fingerprint density at radius 1 is 1.00 bits per heavy atom. The molecule has 1 fully saturated rings. The Balaban J connectivity index is 1.75. The number of hydrogen-bond acceptors (Lipinski definition) is 4. The lowest BCUT2D eigenvalue weighted by Crippen LogP contribution is -2.30. The van der Waals surface area contributed by atoms with E-state index in [1.165, 1.54) is 19.2 Å². The van der Waals surface area contributed by atoms with Gasteiger partial charge in [-0.1, -0.05) is 54.6 Å². The zero-order chi connectivity index (χ0) is 22.7. The number of methoxy groups -OCH3 is 1. The van der Waals surface area contributed by atoms with Crippen molar-refractivity contribution in [1.82, 2.24) is 4.72 Å². The lowest BCUT2D eigenvalue weighted by atomic mass is 9.96. The lowest BCUT2D eigenvalue weighted by molar-refractivity contribution is -0.117. The van der Waals surface area contributed by atoms with Crippen molar-refractivity contribution in [3.05, 3.63) is 89.5 Å². The van der Waals surface area contributed by atoms with E-state index in [9.17, 15) is 13.2 Å². The van der Waals surface area contributed by atoms with Crippen molar-refractivity contribution < 1.29 is 17.9 Å². The van der Waals surface area contributed by atoms with E-state index >= 15 is 0 Å². The first-order chi connectivity index (χ1) is 15.4. The predicted molar refractivity (Wildman–Crippen MR) is 124 cm³/mol. The molecule has 0 bridgehead atoms. The SMILES string of the molecule is COc1ccc(S(=O)(=O)N[C@H](c2ccccc2)c2ccccc2C)cc1N1CCCC1=O. The highest BCUT2D eigenvalue weighted by atomic mass is 32.2. The number of aryl methyl sites for hydroxylation is 1. The number of carbonyl (C=O) groups is 1. The van der Waals surface area contributed by atoms with Gasteiger partial charge in [-0.25, -0.2) is 8.42 Å². The van der Waals surface area contributed by atoms with Gasteiger partial charge < -0.3 is 9.64 Å². The molecule has 1 N–H and O–H groups in total. The topological polar surface area (TPSA) is 75.7 Å². The van der Waals surface area contributed by atoms with Crippen LogP contribution in [0.3, 0.4) is 0 Å². The number of nitrogens with zero attached hydrogens (tertiary/aromatic N) is 1. The van der Waals surface area contributed by atoms with Crippen molar-refractivity contribution in [2.24, 2.45) is 0 Å². The second kappa shape index (κ2) is 9.14. The molecule has 166 valence electrons. The van der Waals surface area contributed by atoms with Gasteiger partial charge in [-0.15, -0.1) is 0 Å². The molecule has 3 aromatic rings. The normalized spacial score (nSPS) is 15.1. The van der Waals surface area contributed by atoms with E-state index in [2.05, 4.69) is 4.72 Å². The smallest absolute Gasteiger partial charge is 0.241 e. The van der Waals surface area contributed by atoms with Crippen LogP contribution >= 0.6 is 0 Å². The average molecular weight is 451 g/mol. The third kappa shape index (κ3) is 4.40. The molecular formula is C25H26N2O4S. The van der Waals surface area contributed by atoms with Gasteiger partial charge in [-0.2, -0.15) is 4.72 Å². The average Bonchev–Trinajstić information content (AvgIpc) is 3.24. The first kappa shape index (κ1) is 22.0. The Hall–Kier alpha value is -3.16. The summed E-state index contributed by atoms with van der Waals surface area (Å²) in [4.78, 5) is 14.0. The summed E-state index contributed by atoms with van der Waals surface area (Å²) in [5.74, 6) is 0.436. The van der Waals surface area contributed by atoms with Gasteiger partial charge in [0.15, 0.2) is 0 Å². The molecule has 0 saturated carbocycles. The van der Waals surface area contributed by atoms with Gasteiger partial charge in [0.05, 0.1) is 23.7 Å². The number of carbonyl (C=O) groups excluding carboxylic acids is 1. The Labute approximate surface area is 188 Å². The van der Waals surface area contributed by atoms with Crippen molar-refractivity contribution in [3.63, 3.8) is 0 Å². The molecule has 1 heterocycles. The summed E-state index contributed by atoms with van der Waals surface area (Å²) in [7, 11) is -2.40. The minimum atomic E-state index is -3.91. The lowest BCUT2D eigenvalue weighted by Gasteiger charge is -2.23. The third-order valence-corrected chi connectivity index (χ3v) is 7.15. The van der Waals surface area contributed by atoms with Gasteiger partial charge >= 0.3 is 0 Å². The van der Waals surface area contributed by atoms with Crippen LogP contribution < -0.4 is 14.4 Å². The number of rotatable bonds is 7. The molecule has 0 unspecified atom stereocenters.